The number of aryl methyl sites for hydroxylation is 1. The Morgan fingerprint density at radius 2 is 2.10 bits per heavy atom. The average Bonchev–Trinajstić information content (AvgIpc) is 2.88. The Bertz CT molecular complexity index is 516. The van der Waals surface area contributed by atoms with Crippen molar-refractivity contribution >= 4 is 39.1 Å². The Labute approximate surface area is 132 Å². The highest BCUT2D eigenvalue weighted by Crippen LogP contribution is 2.41. The molecular formula is C14H19BrN2O2S. The van der Waals surface area contributed by atoms with Gasteiger partial charge in [-0.3, -0.25) is 10.1 Å². The number of anilines is 1. The predicted octanol–water partition coefficient (Wildman–Crippen LogP) is 4.75. The molecule has 4 nitrogen and oxygen atoms in total. The van der Waals surface area contributed by atoms with Gasteiger partial charge in [0, 0.05) is 33.1 Å². The van der Waals surface area contributed by atoms with E-state index in [9.17, 15) is 10.1 Å². The lowest BCUT2D eigenvalue weighted by Crippen LogP contribution is -2.30. The van der Waals surface area contributed by atoms with Crippen LogP contribution in [0.3, 0.4) is 0 Å². The molecule has 0 atom stereocenters. The molecule has 1 aromatic rings. The summed E-state index contributed by atoms with van der Waals surface area (Å²) in [5.74, 6) is 0. The molecule has 1 aromatic carbocycles. The van der Waals surface area contributed by atoms with Crippen LogP contribution >= 0.6 is 27.7 Å². The van der Waals surface area contributed by atoms with Crippen LogP contribution in [0, 0.1) is 17.0 Å². The Morgan fingerprint density at radius 3 is 2.65 bits per heavy atom. The lowest BCUT2D eigenvalue weighted by Gasteiger charge is -2.27. The fourth-order valence-corrected chi connectivity index (χ4v) is 4.12. The van der Waals surface area contributed by atoms with Gasteiger partial charge in [0.05, 0.1) is 4.92 Å². The van der Waals surface area contributed by atoms with Crippen LogP contribution in [0.5, 0.6) is 0 Å². The number of nitro benzene ring substituents is 1. The number of nitro groups is 1. The molecule has 0 saturated heterocycles. The van der Waals surface area contributed by atoms with Crippen LogP contribution in [0.25, 0.3) is 0 Å². The molecule has 0 radical (unpaired) electrons. The summed E-state index contributed by atoms with van der Waals surface area (Å²) in [4.78, 5) is 10.6. The second-order valence-electron chi connectivity index (χ2n) is 5.32. The molecule has 1 aliphatic carbocycles. The zero-order chi connectivity index (χ0) is 14.8. The maximum absolute atomic E-state index is 10.9. The number of thioether (sulfide) groups is 1. The zero-order valence-electron chi connectivity index (χ0n) is 11.7. The molecule has 0 bridgehead atoms. The monoisotopic (exact) mass is 358 g/mol. The van der Waals surface area contributed by atoms with E-state index in [-0.39, 0.29) is 10.6 Å². The highest BCUT2D eigenvalue weighted by molar-refractivity contribution is 9.10. The molecule has 0 aromatic heterocycles. The summed E-state index contributed by atoms with van der Waals surface area (Å²) in [6, 6.07) is 3.43. The van der Waals surface area contributed by atoms with E-state index in [4.69, 9.17) is 0 Å². The third kappa shape index (κ3) is 3.28. The molecule has 2 rings (SSSR count). The SMILES string of the molecule is CSC1(CNc2cc(C)c([N+](=O)[O-])cc2Br)CCCC1. The van der Waals surface area contributed by atoms with E-state index in [0.717, 1.165) is 16.7 Å². The highest BCUT2D eigenvalue weighted by atomic mass is 79.9. The third-order valence-electron chi connectivity index (χ3n) is 4.03. The first-order chi connectivity index (χ1) is 9.47. The number of nitrogens with zero attached hydrogens (tertiary/aromatic N) is 1. The van der Waals surface area contributed by atoms with Crippen molar-refractivity contribution in [3.63, 3.8) is 0 Å². The smallest absolute Gasteiger partial charge is 0.273 e. The second kappa shape index (κ2) is 6.35. The van der Waals surface area contributed by atoms with Crippen molar-refractivity contribution in [2.24, 2.45) is 0 Å². The molecule has 0 unspecified atom stereocenters. The van der Waals surface area contributed by atoms with Crippen molar-refractivity contribution in [2.75, 3.05) is 18.1 Å². The molecule has 6 heteroatoms. The van der Waals surface area contributed by atoms with Crippen LogP contribution in [0.4, 0.5) is 11.4 Å². The van der Waals surface area contributed by atoms with Crippen molar-refractivity contribution in [3.05, 3.63) is 32.3 Å². The second-order valence-corrected chi connectivity index (χ2v) is 7.45. The maximum Gasteiger partial charge on any atom is 0.273 e. The summed E-state index contributed by atoms with van der Waals surface area (Å²) in [5, 5.41) is 14.4. The van der Waals surface area contributed by atoms with Gasteiger partial charge >= 0.3 is 0 Å². The minimum Gasteiger partial charge on any atom is -0.383 e. The van der Waals surface area contributed by atoms with Gasteiger partial charge in [0.15, 0.2) is 0 Å². The fraction of sp³-hybridized carbons (Fsp3) is 0.571. The van der Waals surface area contributed by atoms with Gasteiger partial charge in [0.25, 0.3) is 5.69 Å². The van der Waals surface area contributed by atoms with Crippen molar-refractivity contribution in [1.29, 1.82) is 0 Å². The minimum absolute atomic E-state index is 0.155. The summed E-state index contributed by atoms with van der Waals surface area (Å²) in [7, 11) is 0. The third-order valence-corrected chi connectivity index (χ3v) is 6.11. The molecule has 1 aliphatic rings. The van der Waals surface area contributed by atoms with E-state index < -0.39 is 0 Å². The first kappa shape index (κ1) is 15.6. The van der Waals surface area contributed by atoms with Crippen molar-refractivity contribution in [3.8, 4) is 0 Å². The molecule has 0 aliphatic heterocycles. The van der Waals surface area contributed by atoms with Crippen LogP contribution in [-0.4, -0.2) is 22.5 Å². The van der Waals surface area contributed by atoms with E-state index in [1.54, 1.807) is 13.0 Å². The fourth-order valence-electron chi connectivity index (χ4n) is 2.73. The Kier molecular flexibility index (Phi) is 4.96. The molecule has 110 valence electrons. The first-order valence-corrected chi connectivity index (χ1v) is 8.73. The number of nitrogens with one attached hydrogen (secondary N) is 1. The number of rotatable bonds is 5. The lowest BCUT2D eigenvalue weighted by molar-refractivity contribution is -0.385. The molecule has 1 N–H and O–H groups in total. The summed E-state index contributed by atoms with van der Waals surface area (Å²) in [6.07, 6.45) is 7.24. The quantitative estimate of drug-likeness (QED) is 0.609. The van der Waals surface area contributed by atoms with Crippen LogP contribution in [0.2, 0.25) is 0 Å². The van der Waals surface area contributed by atoms with E-state index >= 15 is 0 Å². The van der Waals surface area contributed by atoms with Gasteiger partial charge in [-0.15, -0.1) is 0 Å². The van der Waals surface area contributed by atoms with Crippen molar-refractivity contribution in [1.82, 2.24) is 0 Å². The Balaban J connectivity index is 2.14. The van der Waals surface area contributed by atoms with Crippen LogP contribution < -0.4 is 5.32 Å². The number of benzene rings is 1. The first-order valence-electron chi connectivity index (χ1n) is 6.71. The summed E-state index contributed by atoms with van der Waals surface area (Å²) < 4.78 is 1.07. The Morgan fingerprint density at radius 1 is 1.45 bits per heavy atom. The molecular weight excluding hydrogens is 340 g/mol. The summed E-state index contributed by atoms with van der Waals surface area (Å²) in [6.45, 7) is 2.68. The maximum atomic E-state index is 10.9. The normalized spacial score (nSPS) is 17.1. The number of hydrogen-bond acceptors (Lipinski definition) is 4. The van der Waals surface area contributed by atoms with Gasteiger partial charge in [-0.2, -0.15) is 11.8 Å². The van der Waals surface area contributed by atoms with Crippen LogP contribution in [-0.2, 0) is 0 Å². The molecule has 0 spiro atoms. The van der Waals surface area contributed by atoms with Crippen molar-refractivity contribution < 1.29 is 4.92 Å². The van der Waals surface area contributed by atoms with Gasteiger partial charge in [-0.05, 0) is 48.0 Å². The van der Waals surface area contributed by atoms with Gasteiger partial charge in [-0.25, -0.2) is 0 Å². The minimum atomic E-state index is -0.343. The summed E-state index contributed by atoms with van der Waals surface area (Å²) >= 11 is 5.36. The number of hydrogen-bond donors (Lipinski definition) is 1. The zero-order valence-corrected chi connectivity index (χ0v) is 14.1. The van der Waals surface area contributed by atoms with E-state index in [1.807, 2.05) is 17.8 Å². The predicted molar refractivity (Wildman–Crippen MR) is 88.7 cm³/mol. The van der Waals surface area contributed by atoms with E-state index in [2.05, 4.69) is 27.5 Å². The van der Waals surface area contributed by atoms with E-state index in [1.165, 1.54) is 25.7 Å². The molecule has 20 heavy (non-hydrogen) atoms. The van der Waals surface area contributed by atoms with Gasteiger partial charge in [0.1, 0.15) is 0 Å². The Hall–Kier alpha value is -0.750. The largest absolute Gasteiger partial charge is 0.383 e. The van der Waals surface area contributed by atoms with Crippen molar-refractivity contribution in [2.45, 2.75) is 37.4 Å². The van der Waals surface area contributed by atoms with Gasteiger partial charge in [-0.1, -0.05) is 12.8 Å². The standard InChI is InChI=1S/C14H19BrN2O2S/c1-10-7-12(11(15)8-13(10)17(18)19)16-9-14(20-2)5-3-4-6-14/h7-8,16H,3-6,9H2,1-2H3. The van der Waals surface area contributed by atoms with Gasteiger partial charge in [0.2, 0.25) is 0 Å². The topological polar surface area (TPSA) is 55.2 Å². The lowest BCUT2D eigenvalue weighted by atomic mass is 10.1. The highest BCUT2D eigenvalue weighted by Gasteiger charge is 2.32. The molecule has 0 amide bonds. The van der Waals surface area contributed by atoms with Gasteiger partial charge < -0.3 is 5.32 Å². The van der Waals surface area contributed by atoms with Crippen LogP contribution in [0.15, 0.2) is 16.6 Å². The average molecular weight is 359 g/mol. The van der Waals surface area contributed by atoms with E-state index in [0.29, 0.717) is 10.3 Å². The van der Waals surface area contributed by atoms with Crippen LogP contribution in [0.1, 0.15) is 31.2 Å². The molecule has 0 heterocycles. The molecule has 1 saturated carbocycles. The summed E-state index contributed by atoms with van der Waals surface area (Å²) in [5.41, 5.74) is 1.78. The number of halogens is 1. The molecule has 1 fully saturated rings.